The molecule has 1 unspecified atom stereocenters. The van der Waals surface area contributed by atoms with Gasteiger partial charge in [-0.25, -0.2) is 17.9 Å². The fourth-order valence-electron chi connectivity index (χ4n) is 2.20. The highest BCUT2D eigenvalue weighted by Crippen LogP contribution is 2.34. The quantitative estimate of drug-likeness (QED) is 0.838. The van der Waals surface area contributed by atoms with Gasteiger partial charge in [0, 0.05) is 6.04 Å². The van der Waals surface area contributed by atoms with E-state index < -0.39 is 21.7 Å². The second-order valence-corrected chi connectivity index (χ2v) is 7.01. The lowest BCUT2D eigenvalue weighted by molar-refractivity contribution is 0.0928. The normalized spacial score (nSPS) is 16.5. The Morgan fingerprint density at radius 1 is 1.48 bits per heavy atom. The van der Waals surface area contributed by atoms with E-state index in [1.807, 2.05) is 6.92 Å². The zero-order chi connectivity index (χ0) is 15.6. The predicted octanol–water partition coefficient (Wildman–Crippen LogP) is 1.78. The molecule has 1 amide bonds. The molecule has 2 rings (SSSR count). The number of halogens is 1. The maximum absolute atomic E-state index is 13.9. The Bertz CT molecular complexity index is 642. The van der Waals surface area contributed by atoms with Gasteiger partial charge in [0.1, 0.15) is 5.82 Å². The largest absolute Gasteiger partial charge is 0.349 e. The molecule has 7 heteroatoms. The molecule has 3 N–H and O–H groups in total. The first-order valence-electron chi connectivity index (χ1n) is 6.94. The van der Waals surface area contributed by atoms with Crippen molar-refractivity contribution in [2.75, 3.05) is 0 Å². The van der Waals surface area contributed by atoms with Crippen LogP contribution in [-0.2, 0) is 10.0 Å². The molecule has 1 aromatic carbocycles. The van der Waals surface area contributed by atoms with Gasteiger partial charge in [-0.15, -0.1) is 0 Å². The van der Waals surface area contributed by atoms with Crippen molar-refractivity contribution in [2.45, 2.75) is 43.5 Å². The van der Waals surface area contributed by atoms with Crippen LogP contribution in [0.3, 0.4) is 0 Å². The smallest absolute Gasteiger partial charge is 0.254 e. The van der Waals surface area contributed by atoms with Crippen molar-refractivity contribution in [2.24, 2.45) is 11.1 Å². The molecule has 1 aromatic rings. The van der Waals surface area contributed by atoms with E-state index in [0.29, 0.717) is 5.92 Å². The number of sulfonamides is 1. The van der Waals surface area contributed by atoms with Crippen LogP contribution in [0.2, 0.25) is 0 Å². The van der Waals surface area contributed by atoms with E-state index in [9.17, 15) is 17.6 Å². The maximum Gasteiger partial charge on any atom is 0.254 e. The van der Waals surface area contributed by atoms with Crippen molar-refractivity contribution < 1.29 is 17.6 Å². The average molecular weight is 314 g/mol. The van der Waals surface area contributed by atoms with Crippen LogP contribution >= 0.6 is 0 Å². The summed E-state index contributed by atoms with van der Waals surface area (Å²) in [7, 11) is -3.97. The lowest BCUT2D eigenvalue weighted by Crippen LogP contribution is -2.35. The monoisotopic (exact) mass is 314 g/mol. The van der Waals surface area contributed by atoms with Gasteiger partial charge in [0.15, 0.2) is 0 Å². The summed E-state index contributed by atoms with van der Waals surface area (Å²) in [5.41, 5.74) is -0.170. The maximum atomic E-state index is 13.9. The second kappa shape index (κ2) is 6.11. The summed E-state index contributed by atoms with van der Waals surface area (Å²) < 4.78 is 36.1. The molecule has 5 nitrogen and oxygen atoms in total. The minimum Gasteiger partial charge on any atom is -0.349 e. The minimum absolute atomic E-state index is 0.0160. The molecular weight excluding hydrogens is 295 g/mol. The zero-order valence-electron chi connectivity index (χ0n) is 11.8. The highest BCUT2D eigenvalue weighted by molar-refractivity contribution is 7.89. The average Bonchev–Trinajstić information content (AvgIpc) is 3.20. The Hall–Kier alpha value is -1.47. The van der Waals surface area contributed by atoms with Gasteiger partial charge in [-0.05, 0) is 37.0 Å². The van der Waals surface area contributed by atoms with Crippen LogP contribution in [0, 0.1) is 11.7 Å². The zero-order valence-corrected chi connectivity index (χ0v) is 12.6. The summed E-state index contributed by atoms with van der Waals surface area (Å²) in [5.74, 6) is -0.758. The number of amides is 1. The molecule has 1 aliphatic rings. The molecular formula is C14H19FN2O3S. The summed E-state index contributed by atoms with van der Waals surface area (Å²) in [6.45, 7) is 1.97. The molecule has 0 aromatic heterocycles. The van der Waals surface area contributed by atoms with Crippen LogP contribution in [-0.4, -0.2) is 20.4 Å². The van der Waals surface area contributed by atoms with Gasteiger partial charge in [-0.3, -0.25) is 4.79 Å². The molecule has 21 heavy (non-hydrogen) atoms. The first-order valence-corrected chi connectivity index (χ1v) is 8.49. The number of nitrogens with two attached hydrogens (primary N) is 1. The lowest BCUT2D eigenvalue weighted by Gasteiger charge is -2.17. The molecule has 0 aliphatic heterocycles. The highest BCUT2D eigenvalue weighted by Gasteiger charge is 2.26. The summed E-state index contributed by atoms with van der Waals surface area (Å²) in [5, 5.41) is 7.71. The van der Waals surface area contributed by atoms with Crippen LogP contribution in [0.4, 0.5) is 4.39 Å². The van der Waals surface area contributed by atoms with E-state index in [0.717, 1.165) is 31.0 Å². The molecule has 1 atom stereocenters. The van der Waals surface area contributed by atoms with Gasteiger partial charge in [0.05, 0.1) is 10.5 Å². The fourth-order valence-corrected chi connectivity index (χ4v) is 2.73. The van der Waals surface area contributed by atoms with E-state index in [4.69, 9.17) is 5.14 Å². The predicted molar refractivity (Wildman–Crippen MR) is 76.7 cm³/mol. The third-order valence-electron chi connectivity index (χ3n) is 3.66. The van der Waals surface area contributed by atoms with Gasteiger partial charge in [0.2, 0.25) is 10.0 Å². The Balaban J connectivity index is 2.11. The Labute approximate surface area is 123 Å². The Morgan fingerprint density at radius 2 is 2.14 bits per heavy atom. The molecule has 0 radical (unpaired) electrons. The van der Waals surface area contributed by atoms with Crippen LogP contribution in [0.15, 0.2) is 23.1 Å². The number of hydrogen-bond acceptors (Lipinski definition) is 3. The molecule has 0 saturated heterocycles. The lowest BCUT2D eigenvalue weighted by atomic mass is 10.1. The van der Waals surface area contributed by atoms with E-state index in [1.165, 1.54) is 12.8 Å². The third kappa shape index (κ3) is 4.25. The molecule has 1 fully saturated rings. The fraction of sp³-hybridized carbons (Fsp3) is 0.500. The van der Waals surface area contributed by atoms with Crippen LogP contribution in [0.5, 0.6) is 0 Å². The summed E-state index contributed by atoms with van der Waals surface area (Å²) in [6.07, 6.45) is 4.05. The van der Waals surface area contributed by atoms with Crippen LogP contribution < -0.4 is 10.5 Å². The highest BCUT2D eigenvalue weighted by atomic mass is 32.2. The number of benzene rings is 1. The van der Waals surface area contributed by atoms with Crippen LogP contribution in [0.1, 0.15) is 43.0 Å². The summed E-state index contributed by atoms with van der Waals surface area (Å²) in [6, 6.07) is 3.07. The number of hydrogen-bond donors (Lipinski definition) is 2. The number of carbonyl (C=O) groups is 1. The van der Waals surface area contributed by atoms with Crippen molar-refractivity contribution in [3.8, 4) is 0 Å². The topological polar surface area (TPSA) is 89.3 Å². The van der Waals surface area contributed by atoms with Crippen molar-refractivity contribution in [3.63, 3.8) is 0 Å². The van der Waals surface area contributed by atoms with Crippen molar-refractivity contribution in [1.82, 2.24) is 5.32 Å². The Kier molecular flexibility index (Phi) is 4.63. The third-order valence-corrected chi connectivity index (χ3v) is 4.57. The first-order chi connectivity index (χ1) is 9.81. The molecule has 1 aliphatic carbocycles. The van der Waals surface area contributed by atoms with E-state index in [1.54, 1.807) is 0 Å². The van der Waals surface area contributed by atoms with Gasteiger partial charge < -0.3 is 5.32 Å². The first kappa shape index (κ1) is 15.9. The number of rotatable bonds is 6. The van der Waals surface area contributed by atoms with Gasteiger partial charge >= 0.3 is 0 Å². The SMILES string of the molecule is CCC(CC1CC1)NC(=O)c1ccc(S(N)(=O)=O)cc1F. The summed E-state index contributed by atoms with van der Waals surface area (Å²) in [4.78, 5) is 11.7. The van der Waals surface area contributed by atoms with Crippen LogP contribution in [0.25, 0.3) is 0 Å². The molecule has 0 bridgehead atoms. The van der Waals surface area contributed by atoms with Crippen molar-refractivity contribution in [3.05, 3.63) is 29.6 Å². The number of nitrogens with one attached hydrogen (secondary N) is 1. The Morgan fingerprint density at radius 3 is 2.62 bits per heavy atom. The van der Waals surface area contributed by atoms with E-state index >= 15 is 0 Å². The molecule has 0 spiro atoms. The molecule has 0 heterocycles. The number of carbonyl (C=O) groups excluding carboxylic acids is 1. The standard InChI is InChI=1S/C14H19FN2O3S/c1-2-10(7-9-3-4-9)17-14(18)12-6-5-11(8-13(12)15)21(16,19)20/h5-6,8-10H,2-4,7H2,1H3,(H,17,18)(H2,16,19,20). The molecule has 1 saturated carbocycles. The second-order valence-electron chi connectivity index (χ2n) is 5.44. The van der Waals surface area contributed by atoms with E-state index in [2.05, 4.69) is 5.32 Å². The number of primary sulfonamides is 1. The summed E-state index contributed by atoms with van der Waals surface area (Å²) >= 11 is 0. The van der Waals surface area contributed by atoms with Gasteiger partial charge in [-0.1, -0.05) is 19.8 Å². The van der Waals surface area contributed by atoms with Crippen molar-refractivity contribution >= 4 is 15.9 Å². The van der Waals surface area contributed by atoms with E-state index in [-0.39, 0.29) is 16.5 Å². The van der Waals surface area contributed by atoms with Gasteiger partial charge in [-0.2, -0.15) is 0 Å². The minimum atomic E-state index is -3.97. The molecule has 116 valence electrons. The van der Waals surface area contributed by atoms with Crippen molar-refractivity contribution in [1.29, 1.82) is 0 Å². The van der Waals surface area contributed by atoms with Gasteiger partial charge in [0.25, 0.3) is 5.91 Å².